The Labute approximate surface area is 186 Å². The number of hydrogen-bond donors (Lipinski definition) is 0. The van der Waals surface area contributed by atoms with Crippen LogP contribution in [0.4, 0.5) is 0 Å². The number of methoxy groups -OCH3 is 4. The number of ketones is 1. The molecule has 0 N–H and O–H groups in total. The van der Waals surface area contributed by atoms with Crippen LogP contribution in [-0.4, -0.2) is 58.1 Å². The highest BCUT2D eigenvalue weighted by atomic mass is 16.6. The zero-order valence-corrected chi connectivity index (χ0v) is 19.1. The number of carbonyl (C=O) groups excluding carboxylic acids is 5. The van der Waals surface area contributed by atoms with Crippen LogP contribution in [0.2, 0.25) is 0 Å². The Kier molecular flexibility index (Phi) is 6.23. The van der Waals surface area contributed by atoms with Gasteiger partial charge in [0.1, 0.15) is 5.78 Å². The predicted octanol–water partition coefficient (Wildman–Crippen LogP) is 1.62. The lowest BCUT2D eigenvalue weighted by Crippen LogP contribution is -2.59. The molecule has 0 bridgehead atoms. The van der Waals surface area contributed by atoms with Crippen molar-refractivity contribution in [3.05, 3.63) is 12.2 Å². The van der Waals surface area contributed by atoms with Gasteiger partial charge in [-0.2, -0.15) is 0 Å². The molecular formula is C23H30O9. The standard InChI is InChI=1S/C23H30O9/c1-21-8-9-22(17(25)29-2,18(26)30-3)11-14(21)7-6-13-10-23(19(27)31-4,20(28)32-5)12-15(24)16(13)21/h6-7,13-14,16H,8-12H2,1-5H3/t13-,14-,16+,21-/m0/s1. The quantitative estimate of drug-likeness (QED) is 0.272. The van der Waals surface area contributed by atoms with Gasteiger partial charge >= 0.3 is 23.9 Å². The summed E-state index contributed by atoms with van der Waals surface area (Å²) in [6.07, 6.45) is 4.25. The Morgan fingerprint density at radius 1 is 0.781 bits per heavy atom. The van der Waals surface area contributed by atoms with Crippen LogP contribution in [0.15, 0.2) is 12.2 Å². The SMILES string of the molecule is COC(=O)C1(C(=O)OC)CC(=O)[C@H]2[C@@H](C=C[C@H]3CC(C(=O)OC)(C(=O)OC)CC[C@@]32C)C1. The smallest absolute Gasteiger partial charge is 0.323 e. The third-order valence-electron chi connectivity index (χ3n) is 7.95. The third kappa shape index (κ3) is 3.24. The van der Waals surface area contributed by atoms with Gasteiger partial charge in [0.2, 0.25) is 0 Å². The van der Waals surface area contributed by atoms with Gasteiger partial charge in [-0.05, 0) is 42.9 Å². The van der Waals surface area contributed by atoms with E-state index in [4.69, 9.17) is 18.9 Å². The van der Waals surface area contributed by atoms with E-state index in [0.717, 1.165) is 0 Å². The van der Waals surface area contributed by atoms with Crippen LogP contribution in [0, 0.1) is 34.0 Å². The van der Waals surface area contributed by atoms with E-state index in [1.165, 1.54) is 28.4 Å². The average molecular weight is 450 g/mol. The summed E-state index contributed by atoms with van der Waals surface area (Å²) < 4.78 is 19.6. The summed E-state index contributed by atoms with van der Waals surface area (Å²) >= 11 is 0. The predicted molar refractivity (Wildman–Crippen MR) is 109 cm³/mol. The molecule has 9 heteroatoms. The van der Waals surface area contributed by atoms with Gasteiger partial charge in [-0.3, -0.25) is 24.0 Å². The molecule has 2 fully saturated rings. The van der Waals surface area contributed by atoms with E-state index in [1.807, 2.05) is 19.1 Å². The summed E-state index contributed by atoms with van der Waals surface area (Å²) in [7, 11) is 4.82. The maximum Gasteiger partial charge on any atom is 0.323 e. The Morgan fingerprint density at radius 2 is 1.28 bits per heavy atom. The first-order valence-corrected chi connectivity index (χ1v) is 10.6. The number of allylic oxidation sites excluding steroid dienone is 2. The summed E-state index contributed by atoms with van der Waals surface area (Å²) in [4.78, 5) is 63.8. The minimum atomic E-state index is -1.67. The van der Waals surface area contributed by atoms with Gasteiger partial charge in [0.05, 0.1) is 28.4 Å². The van der Waals surface area contributed by atoms with Crippen molar-refractivity contribution in [1.82, 2.24) is 0 Å². The fraction of sp³-hybridized carbons (Fsp3) is 0.696. The summed E-state index contributed by atoms with van der Waals surface area (Å²) in [5, 5.41) is 0. The second-order valence-corrected chi connectivity index (χ2v) is 9.32. The Balaban J connectivity index is 2.00. The molecule has 4 atom stereocenters. The molecule has 3 aliphatic carbocycles. The third-order valence-corrected chi connectivity index (χ3v) is 7.95. The van der Waals surface area contributed by atoms with Crippen LogP contribution in [0.25, 0.3) is 0 Å². The highest BCUT2D eigenvalue weighted by molar-refractivity contribution is 6.05. The lowest BCUT2D eigenvalue weighted by molar-refractivity contribution is -0.184. The van der Waals surface area contributed by atoms with Gasteiger partial charge in [0.15, 0.2) is 10.8 Å². The van der Waals surface area contributed by atoms with Gasteiger partial charge < -0.3 is 18.9 Å². The molecule has 9 nitrogen and oxygen atoms in total. The molecule has 0 saturated heterocycles. The molecule has 3 aliphatic rings. The lowest BCUT2D eigenvalue weighted by atomic mass is 9.46. The van der Waals surface area contributed by atoms with Crippen molar-refractivity contribution in [3.8, 4) is 0 Å². The topological polar surface area (TPSA) is 122 Å². The second kappa shape index (κ2) is 8.33. The number of hydrogen-bond acceptors (Lipinski definition) is 9. The molecule has 0 heterocycles. The molecule has 0 unspecified atom stereocenters. The maximum atomic E-state index is 13.5. The average Bonchev–Trinajstić information content (AvgIpc) is 2.80. The van der Waals surface area contributed by atoms with Gasteiger partial charge in [0.25, 0.3) is 0 Å². The van der Waals surface area contributed by atoms with Crippen molar-refractivity contribution < 1.29 is 42.9 Å². The van der Waals surface area contributed by atoms with E-state index in [2.05, 4.69) is 0 Å². The zero-order chi connectivity index (χ0) is 23.9. The van der Waals surface area contributed by atoms with Crippen LogP contribution in [-0.2, 0) is 42.9 Å². The minimum Gasteiger partial charge on any atom is -0.468 e. The number of fused-ring (bicyclic) bond motifs is 3. The van der Waals surface area contributed by atoms with Crippen LogP contribution in [0.1, 0.15) is 39.0 Å². The van der Waals surface area contributed by atoms with Crippen LogP contribution < -0.4 is 0 Å². The van der Waals surface area contributed by atoms with Crippen LogP contribution >= 0.6 is 0 Å². The highest BCUT2D eigenvalue weighted by Crippen LogP contribution is 2.61. The first-order valence-electron chi connectivity index (χ1n) is 10.6. The van der Waals surface area contributed by atoms with E-state index in [-0.39, 0.29) is 43.3 Å². The van der Waals surface area contributed by atoms with Crippen molar-refractivity contribution in [3.63, 3.8) is 0 Å². The maximum absolute atomic E-state index is 13.5. The molecule has 0 aromatic rings. The molecule has 176 valence electrons. The fourth-order valence-electron chi connectivity index (χ4n) is 6.23. The van der Waals surface area contributed by atoms with Crippen LogP contribution in [0.5, 0.6) is 0 Å². The fourth-order valence-corrected chi connectivity index (χ4v) is 6.23. The number of esters is 4. The summed E-state index contributed by atoms with van der Waals surface area (Å²) in [5.41, 5.74) is -3.66. The number of rotatable bonds is 4. The van der Waals surface area contributed by atoms with E-state index >= 15 is 0 Å². The van der Waals surface area contributed by atoms with Gasteiger partial charge in [-0.1, -0.05) is 19.1 Å². The van der Waals surface area contributed by atoms with Crippen molar-refractivity contribution in [2.45, 2.75) is 39.0 Å². The Hall–Kier alpha value is -2.71. The van der Waals surface area contributed by atoms with Gasteiger partial charge in [0, 0.05) is 12.3 Å². The lowest BCUT2D eigenvalue weighted by Gasteiger charge is -2.56. The monoisotopic (exact) mass is 450 g/mol. The first kappa shape index (κ1) is 23.9. The molecule has 32 heavy (non-hydrogen) atoms. The largest absolute Gasteiger partial charge is 0.468 e. The summed E-state index contributed by atoms with van der Waals surface area (Å²) in [6, 6.07) is 0. The molecule has 0 aliphatic heterocycles. The molecule has 0 amide bonds. The molecule has 0 spiro atoms. The number of Topliss-reactive ketones (excluding diaryl/α,β-unsaturated/α-hetero) is 1. The summed E-state index contributed by atoms with van der Waals surface area (Å²) in [5.74, 6) is -4.18. The Bertz CT molecular complexity index is 841. The van der Waals surface area contributed by atoms with Crippen molar-refractivity contribution in [2.24, 2.45) is 34.0 Å². The molecule has 0 radical (unpaired) electrons. The number of ether oxygens (including phenoxy) is 4. The summed E-state index contributed by atoms with van der Waals surface area (Å²) in [6.45, 7) is 1.97. The second-order valence-electron chi connectivity index (χ2n) is 9.32. The minimum absolute atomic E-state index is 0.0979. The van der Waals surface area contributed by atoms with Crippen LogP contribution in [0.3, 0.4) is 0 Å². The Morgan fingerprint density at radius 3 is 1.78 bits per heavy atom. The zero-order valence-electron chi connectivity index (χ0n) is 19.1. The van der Waals surface area contributed by atoms with E-state index in [0.29, 0.717) is 6.42 Å². The van der Waals surface area contributed by atoms with E-state index < -0.39 is 46.0 Å². The van der Waals surface area contributed by atoms with Gasteiger partial charge in [-0.25, -0.2) is 0 Å². The first-order chi connectivity index (χ1) is 15.1. The molecule has 0 aromatic carbocycles. The molecule has 0 aromatic heterocycles. The van der Waals surface area contributed by atoms with Gasteiger partial charge in [-0.15, -0.1) is 0 Å². The molecular weight excluding hydrogens is 420 g/mol. The highest BCUT2D eigenvalue weighted by Gasteiger charge is 2.64. The molecule has 2 saturated carbocycles. The van der Waals surface area contributed by atoms with Crippen molar-refractivity contribution in [2.75, 3.05) is 28.4 Å². The van der Waals surface area contributed by atoms with E-state index in [1.54, 1.807) is 0 Å². The van der Waals surface area contributed by atoms with E-state index in [9.17, 15) is 24.0 Å². The van der Waals surface area contributed by atoms with Crippen molar-refractivity contribution in [1.29, 1.82) is 0 Å². The van der Waals surface area contributed by atoms with Crippen molar-refractivity contribution >= 4 is 29.7 Å². The molecule has 3 rings (SSSR count). The number of carbonyl (C=O) groups is 5. The normalized spacial score (nSPS) is 32.0.